The van der Waals surface area contributed by atoms with Crippen molar-refractivity contribution in [2.24, 2.45) is 11.8 Å². The molecule has 0 spiro atoms. The Morgan fingerprint density at radius 1 is 1.14 bits per heavy atom. The number of hydrogen-bond donors (Lipinski definition) is 0. The van der Waals surface area contributed by atoms with Crippen LogP contribution in [0.4, 0.5) is 5.69 Å². The summed E-state index contributed by atoms with van der Waals surface area (Å²) in [6.07, 6.45) is 1.26. The van der Waals surface area contributed by atoms with E-state index >= 15 is 0 Å². The van der Waals surface area contributed by atoms with Crippen LogP contribution in [0.1, 0.15) is 32.8 Å². The Morgan fingerprint density at radius 2 is 1.86 bits per heavy atom. The highest BCUT2D eigenvalue weighted by Gasteiger charge is 2.33. The van der Waals surface area contributed by atoms with Gasteiger partial charge in [0.25, 0.3) is 0 Å². The van der Waals surface area contributed by atoms with Gasteiger partial charge in [-0.05, 0) is 37.3 Å². The van der Waals surface area contributed by atoms with E-state index in [1.807, 2.05) is 12.1 Å². The molecule has 2 aromatic carbocycles. The first-order chi connectivity index (χ1) is 10.1. The quantitative estimate of drug-likeness (QED) is 0.803. The van der Waals surface area contributed by atoms with E-state index in [9.17, 15) is 5.26 Å². The molecule has 2 atom stereocenters. The fraction of sp³-hybridized carbons (Fsp3) is 0.421. The zero-order valence-corrected chi connectivity index (χ0v) is 13.0. The number of nitrogens with zero attached hydrogens (tertiary/aromatic N) is 2. The largest absolute Gasteiger partial charge is 0.368 e. The van der Waals surface area contributed by atoms with Crippen LogP contribution in [0.2, 0.25) is 0 Å². The molecule has 2 unspecified atom stereocenters. The number of hydrogen-bond acceptors (Lipinski definition) is 2. The van der Waals surface area contributed by atoms with Crippen molar-refractivity contribution in [2.45, 2.75) is 33.2 Å². The van der Waals surface area contributed by atoms with Crippen molar-refractivity contribution in [3.05, 3.63) is 42.0 Å². The first-order valence-corrected chi connectivity index (χ1v) is 7.82. The third-order valence-electron chi connectivity index (χ3n) is 5.00. The first-order valence-electron chi connectivity index (χ1n) is 7.82. The van der Waals surface area contributed by atoms with Crippen LogP contribution in [0.25, 0.3) is 10.8 Å². The van der Waals surface area contributed by atoms with Gasteiger partial charge in [0.15, 0.2) is 0 Å². The second-order valence-corrected chi connectivity index (χ2v) is 6.42. The minimum Gasteiger partial charge on any atom is -0.368 e. The zero-order valence-electron chi connectivity index (χ0n) is 13.0. The van der Waals surface area contributed by atoms with Crippen LogP contribution in [0.5, 0.6) is 0 Å². The van der Waals surface area contributed by atoms with Gasteiger partial charge in [0.2, 0.25) is 0 Å². The Bertz CT molecular complexity index is 696. The molecule has 2 aromatic rings. The van der Waals surface area contributed by atoms with E-state index in [0.717, 1.165) is 29.3 Å². The maximum atomic E-state index is 9.30. The van der Waals surface area contributed by atoms with Gasteiger partial charge in [-0.1, -0.05) is 38.1 Å². The van der Waals surface area contributed by atoms with Gasteiger partial charge in [-0.15, -0.1) is 0 Å². The van der Waals surface area contributed by atoms with Crippen LogP contribution < -0.4 is 4.90 Å². The molecule has 1 aliphatic rings. The Balaban J connectivity index is 2.09. The third kappa shape index (κ3) is 2.27. The molecule has 1 fully saturated rings. The molecule has 0 aromatic heterocycles. The van der Waals surface area contributed by atoms with Gasteiger partial charge in [-0.2, -0.15) is 5.26 Å². The second-order valence-electron chi connectivity index (χ2n) is 6.42. The summed E-state index contributed by atoms with van der Waals surface area (Å²) in [7, 11) is 0. The summed E-state index contributed by atoms with van der Waals surface area (Å²) in [5.41, 5.74) is 2.04. The van der Waals surface area contributed by atoms with Crippen molar-refractivity contribution in [3.8, 4) is 6.07 Å². The van der Waals surface area contributed by atoms with E-state index in [1.54, 1.807) is 0 Å². The molecule has 2 heteroatoms. The lowest BCUT2D eigenvalue weighted by Gasteiger charge is -2.29. The molecule has 0 amide bonds. The number of rotatable bonds is 2. The predicted molar refractivity (Wildman–Crippen MR) is 88.4 cm³/mol. The van der Waals surface area contributed by atoms with Crippen molar-refractivity contribution in [1.82, 2.24) is 0 Å². The lowest BCUT2D eigenvalue weighted by atomic mass is 9.89. The van der Waals surface area contributed by atoms with Crippen molar-refractivity contribution in [1.29, 1.82) is 5.26 Å². The molecule has 1 heterocycles. The first kappa shape index (κ1) is 13.9. The van der Waals surface area contributed by atoms with Crippen LogP contribution in [-0.4, -0.2) is 12.6 Å². The number of fused-ring (bicyclic) bond motifs is 1. The van der Waals surface area contributed by atoms with Crippen molar-refractivity contribution >= 4 is 16.5 Å². The van der Waals surface area contributed by atoms with Gasteiger partial charge < -0.3 is 4.90 Å². The van der Waals surface area contributed by atoms with Crippen LogP contribution in [0.3, 0.4) is 0 Å². The van der Waals surface area contributed by atoms with Crippen molar-refractivity contribution < 1.29 is 0 Å². The molecule has 0 saturated carbocycles. The smallest absolute Gasteiger partial charge is 0.0998 e. The van der Waals surface area contributed by atoms with Gasteiger partial charge in [0.05, 0.1) is 11.6 Å². The van der Waals surface area contributed by atoms with Crippen LogP contribution in [0, 0.1) is 23.2 Å². The summed E-state index contributed by atoms with van der Waals surface area (Å²) in [5, 5.41) is 11.6. The minimum atomic E-state index is 0.557. The lowest BCUT2D eigenvalue weighted by molar-refractivity contribution is 0.367. The fourth-order valence-electron chi connectivity index (χ4n) is 3.83. The monoisotopic (exact) mass is 278 g/mol. The fourth-order valence-corrected chi connectivity index (χ4v) is 3.83. The van der Waals surface area contributed by atoms with E-state index in [0.29, 0.717) is 6.04 Å². The number of benzene rings is 2. The normalized spacial score (nSPS) is 22.0. The Labute approximate surface area is 127 Å². The van der Waals surface area contributed by atoms with Crippen molar-refractivity contribution in [2.75, 3.05) is 11.4 Å². The van der Waals surface area contributed by atoms with Crippen molar-refractivity contribution in [3.63, 3.8) is 0 Å². The van der Waals surface area contributed by atoms with E-state index in [2.05, 4.69) is 56.0 Å². The summed E-state index contributed by atoms with van der Waals surface area (Å²) in [6, 6.07) is 15.2. The van der Waals surface area contributed by atoms with Gasteiger partial charge >= 0.3 is 0 Å². The standard InChI is InChI=1S/C19H22N2/c1-13(2)16-10-11-21(14(16)3)19-9-8-15(12-20)17-6-4-5-7-18(17)19/h4-9,13-14,16H,10-11H2,1-3H3. The van der Waals surface area contributed by atoms with Gasteiger partial charge in [-0.25, -0.2) is 0 Å². The summed E-state index contributed by atoms with van der Waals surface area (Å²) >= 11 is 0. The average molecular weight is 278 g/mol. The minimum absolute atomic E-state index is 0.557. The number of anilines is 1. The summed E-state index contributed by atoms with van der Waals surface area (Å²) in [6.45, 7) is 8.09. The second kappa shape index (κ2) is 5.41. The zero-order chi connectivity index (χ0) is 15.0. The SMILES string of the molecule is CC(C)C1CCN(c2ccc(C#N)c3ccccc23)C1C. The Kier molecular flexibility index (Phi) is 3.59. The molecule has 0 aliphatic carbocycles. The molecule has 2 nitrogen and oxygen atoms in total. The molecule has 1 aliphatic heterocycles. The maximum Gasteiger partial charge on any atom is 0.0998 e. The number of nitriles is 1. The lowest BCUT2D eigenvalue weighted by Crippen LogP contribution is -2.31. The molecule has 0 bridgehead atoms. The van der Waals surface area contributed by atoms with E-state index in [4.69, 9.17) is 0 Å². The summed E-state index contributed by atoms with van der Waals surface area (Å²) in [4.78, 5) is 2.52. The average Bonchev–Trinajstić information content (AvgIpc) is 2.88. The molecule has 108 valence electrons. The topological polar surface area (TPSA) is 27.0 Å². The highest BCUT2D eigenvalue weighted by molar-refractivity contribution is 5.98. The molecule has 0 radical (unpaired) electrons. The molecule has 21 heavy (non-hydrogen) atoms. The van der Waals surface area contributed by atoms with E-state index in [-0.39, 0.29) is 0 Å². The highest BCUT2D eigenvalue weighted by atomic mass is 15.2. The predicted octanol–water partition coefficient (Wildman–Crippen LogP) is 4.58. The van der Waals surface area contributed by atoms with E-state index < -0.39 is 0 Å². The maximum absolute atomic E-state index is 9.30. The Hall–Kier alpha value is -2.01. The van der Waals surface area contributed by atoms with Crippen LogP contribution in [0.15, 0.2) is 36.4 Å². The molecule has 0 N–H and O–H groups in total. The van der Waals surface area contributed by atoms with Crippen LogP contribution in [-0.2, 0) is 0 Å². The Morgan fingerprint density at radius 3 is 2.48 bits per heavy atom. The molecule has 3 rings (SSSR count). The highest BCUT2D eigenvalue weighted by Crippen LogP contribution is 2.38. The summed E-state index contributed by atoms with van der Waals surface area (Å²) in [5.74, 6) is 1.47. The van der Waals surface area contributed by atoms with E-state index in [1.165, 1.54) is 17.5 Å². The summed E-state index contributed by atoms with van der Waals surface area (Å²) < 4.78 is 0. The van der Waals surface area contributed by atoms with Gasteiger partial charge in [0, 0.05) is 29.0 Å². The molecule has 1 saturated heterocycles. The van der Waals surface area contributed by atoms with Gasteiger partial charge in [-0.3, -0.25) is 0 Å². The third-order valence-corrected chi connectivity index (χ3v) is 5.00. The van der Waals surface area contributed by atoms with Gasteiger partial charge in [0.1, 0.15) is 0 Å². The molecular weight excluding hydrogens is 256 g/mol. The van der Waals surface area contributed by atoms with Crippen LogP contribution >= 0.6 is 0 Å². The molecular formula is C19H22N2.